The van der Waals surface area contributed by atoms with E-state index in [0.29, 0.717) is 5.41 Å². The van der Waals surface area contributed by atoms with Gasteiger partial charge in [-0.2, -0.15) is 0 Å². The molecule has 1 nitrogen and oxygen atoms in total. The molecule has 148 valence electrons. The van der Waals surface area contributed by atoms with Crippen LogP contribution in [0.3, 0.4) is 0 Å². The van der Waals surface area contributed by atoms with Gasteiger partial charge in [-0.25, -0.2) is 0 Å². The summed E-state index contributed by atoms with van der Waals surface area (Å²) in [6.45, 7) is 14.0. The highest BCUT2D eigenvalue weighted by atomic mass is 31.1. The minimum atomic E-state index is -0.166. The monoisotopic (exact) mass is 376 g/mol. The van der Waals surface area contributed by atoms with Crippen molar-refractivity contribution in [1.82, 2.24) is 0 Å². The molecule has 0 amide bonds. The van der Waals surface area contributed by atoms with E-state index in [4.69, 9.17) is 0 Å². The van der Waals surface area contributed by atoms with Gasteiger partial charge in [0.1, 0.15) is 0 Å². The van der Waals surface area contributed by atoms with Gasteiger partial charge in [0.2, 0.25) is 0 Å². The molecule has 0 spiro atoms. The van der Waals surface area contributed by atoms with Gasteiger partial charge in [0.25, 0.3) is 0 Å². The van der Waals surface area contributed by atoms with E-state index < -0.39 is 0 Å². The lowest BCUT2D eigenvalue weighted by molar-refractivity contribution is 0.116. The molecular weight excluding hydrogens is 335 g/mol. The normalized spacial score (nSPS) is 32.3. The van der Waals surface area contributed by atoms with E-state index in [-0.39, 0.29) is 11.5 Å². The van der Waals surface area contributed by atoms with Gasteiger partial charge < -0.3 is 5.11 Å². The van der Waals surface area contributed by atoms with Crippen molar-refractivity contribution in [1.29, 1.82) is 0 Å². The Morgan fingerprint density at radius 1 is 1.23 bits per heavy atom. The van der Waals surface area contributed by atoms with Crippen molar-refractivity contribution in [2.45, 2.75) is 86.2 Å². The summed E-state index contributed by atoms with van der Waals surface area (Å²) in [4.78, 5) is 0. The number of allylic oxidation sites excluding steroid dienone is 4. The van der Waals surface area contributed by atoms with E-state index in [1.807, 2.05) is 0 Å². The maximum atomic E-state index is 10.00. The highest BCUT2D eigenvalue weighted by Gasteiger charge is 2.34. The van der Waals surface area contributed by atoms with Crippen molar-refractivity contribution in [2.24, 2.45) is 22.7 Å². The summed E-state index contributed by atoms with van der Waals surface area (Å²) in [7, 11) is 0.929. The van der Waals surface area contributed by atoms with Gasteiger partial charge in [-0.05, 0) is 67.0 Å². The molecule has 0 radical (unpaired) electrons. The fourth-order valence-electron chi connectivity index (χ4n) is 5.25. The second-order valence-corrected chi connectivity index (χ2v) is 11.3. The van der Waals surface area contributed by atoms with E-state index in [1.165, 1.54) is 36.6 Å². The maximum absolute atomic E-state index is 10.00. The zero-order valence-electron chi connectivity index (χ0n) is 17.9. The molecule has 4 atom stereocenters. The van der Waals surface area contributed by atoms with Crippen LogP contribution in [0.5, 0.6) is 0 Å². The van der Waals surface area contributed by atoms with Crippen LogP contribution in [0, 0.1) is 22.7 Å². The first-order chi connectivity index (χ1) is 12.1. The molecular formula is C24H41OP. The van der Waals surface area contributed by atoms with Gasteiger partial charge in [-0.15, -0.1) is 0 Å². The van der Waals surface area contributed by atoms with E-state index >= 15 is 0 Å². The summed E-state index contributed by atoms with van der Waals surface area (Å²) in [6.07, 6.45) is 15.3. The number of rotatable bonds is 6. The first-order valence-corrected chi connectivity index (χ1v) is 11.9. The first kappa shape index (κ1) is 21.9. The maximum Gasteiger partial charge on any atom is 0.0585 e. The van der Waals surface area contributed by atoms with Gasteiger partial charge in [0, 0.05) is 0 Å². The Bertz CT molecular complexity index is 553. The van der Waals surface area contributed by atoms with Crippen LogP contribution < -0.4 is 0 Å². The average molecular weight is 377 g/mol. The summed E-state index contributed by atoms with van der Waals surface area (Å²) in [6, 6.07) is 0. The van der Waals surface area contributed by atoms with Crippen molar-refractivity contribution in [3.05, 3.63) is 35.2 Å². The Morgan fingerprint density at radius 3 is 2.62 bits per heavy atom. The summed E-state index contributed by atoms with van der Waals surface area (Å²) in [5.41, 5.74) is 3.38. The molecule has 0 aromatic carbocycles. The van der Waals surface area contributed by atoms with Crippen molar-refractivity contribution in [3.63, 3.8) is 0 Å². The summed E-state index contributed by atoms with van der Waals surface area (Å²) in [5.74, 6) is 4.05. The van der Waals surface area contributed by atoms with E-state index in [1.54, 1.807) is 0 Å². The van der Waals surface area contributed by atoms with Gasteiger partial charge in [-0.1, -0.05) is 85.7 Å². The highest BCUT2D eigenvalue weighted by molar-refractivity contribution is 7.41. The van der Waals surface area contributed by atoms with Crippen molar-refractivity contribution < 1.29 is 5.11 Å². The molecule has 2 aliphatic rings. The summed E-state index contributed by atoms with van der Waals surface area (Å²) >= 11 is 0. The van der Waals surface area contributed by atoms with Crippen molar-refractivity contribution in [3.8, 4) is 0 Å². The van der Waals surface area contributed by atoms with Crippen LogP contribution in [-0.4, -0.2) is 17.4 Å². The third kappa shape index (κ3) is 5.80. The lowest BCUT2D eigenvalue weighted by atomic mass is 9.64. The van der Waals surface area contributed by atoms with Crippen molar-refractivity contribution in [2.75, 3.05) is 6.16 Å². The topological polar surface area (TPSA) is 20.2 Å². The molecule has 0 aromatic rings. The van der Waals surface area contributed by atoms with Gasteiger partial charge in [0.05, 0.1) is 6.10 Å². The Hall–Kier alpha value is -0.390. The molecule has 0 heterocycles. The molecule has 0 aliphatic heterocycles. The fraction of sp³-hybridized carbons (Fsp3) is 0.750. The predicted molar refractivity (Wildman–Crippen MR) is 118 cm³/mol. The minimum absolute atomic E-state index is 0.100. The summed E-state index contributed by atoms with van der Waals surface area (Å²) < 4.78 is 0. The zero-order valence-corrected chi connectivity index (χ0v) is 18.9. The molecule has 0 bridgehead atoms. The van der Waals surface area contributed by atoms with Crippen LogP contribution in [-0.2, 0) is 0 Å². The molecule has 4 unspecified atom stereocenters. The van der Waals surface area contributed by atoms with Crippen LogP contribution in [0.4, 0.5) is 0 Å². The Kier molecular flexibility index (Phi) is 7.75. The third-order valence-electron chi connectivity index (χ3n) is 6.63. The van der Waals surface area contributed by atoms with E-state index in [9.17, 15) is 5.11 Å². The minimum Gasteiger partial charge on any atom is -0.393 e. The smallest absolute Gasteiger partial charge is 0.0585 e. The molecule has 2 heteroatoms. The first-order valence-electron chi connectivity index (χ1n) is 10.6. The second-order valence-electron chi connectivity index (χ2n) is 10.0. The largest absolute Gasteiger partial charge is 0.393 e. The molecule has 1 saturated carbocycles. The quantitative estimate of drug-likeness (QED) is 0.388. The molecule has 1 fully saturated rings. The van der Waals surface area contributed by atoms with E-state index in [0.717, 1.165) is 39.7 Å². The standard InChI is InChI=1S/C24H41OP/c1-18-10-9-13-23(3,4)22(18)12-15-26-14-8-7-11-21-19(2)16-20(25)17-24(21,5)6/h7,11-12,15,18,20,22,25-26H,8-10,13-14,16-17H2,1-6H3. The van der Waals surface area contributed by atoms with Gasteiger partial charge >= 0.3 is 0 Å². The second kappa shape index (κ2) is 9.20. The number of hydrogen-bond donors (Lipinski definition) is 1. The zero-order chi connectivity index (χ0) is 19.4. The Morgan fingerprint density at radius 2 is 1.96 bits per heavy atom. The van der Waals surface area contributed by atoms with Gasteiger partial charge in [-0.3, -0.25) is 0 Å². The van der Waals surface area contributed by atoms with Crippen LogP contribution in [0.2, 0.25) is 0 Å². The molecule has 2 aliphatic carbocycles. The lowest BCUT2D eigenvalue weighted by Crippen LogP contribution is -2.32. The molecule has 0 saturated heterocycles. The Balaban J connectivity index is 1.80. The molecule has 2 rings (SSSR count). The molecule has 1 N–H and O–H groups in total. The van der Waals surface area contributed by atoms with Gasteiger partial charge in [0.15, 0.2) is 0 Å². The van der Waals surface area contributed by atoms with Crippen LogP contribution in [0.1, 0.15) is 80.1 Å². The van der Waals surface area contributed by atoms with Crippen molar-refractivity contribution >= 4 is 8.58 Å². The molecule has 26 heavy (non-hydrogen) atoms. The fourth-order valence-corrected chi connectivity index (χ4v) is 6.09. The third-order valence-corrected chi connectivity index (χ3v) is 7.64. The average Bonchev–Trinajstić information content (AvgIpc) is 2.49. The number of aliphatic hydroxyl groups is 1. The highest BCUT2D eigenvalue weighted by Crippen LogP contribution is 2.45. The van der Waals surface area contributed by atoms with Crippen LogP contribution in [0.15, 0.2) is 35.2 Å². The number of aliphatic hydroxyl groups excluding tert-OH is 1. The lowest BCUT2D eigenvalue weighted by Gasteiger charge is -2.41. The van der Waals surface area contributed by atoms with Crippen LogP contribution in [0.25, 0.3) is 0 Å². The Labute approximate surface area is 164 Å². The number of hydrogen-bond acceptors (Lipinski definition) is 1. The molecule has 0 aromatic heterocycles. The SMILES string of the molecule is CC1=C(C=CCCPC=CC2C(C)CCCC2(C)C)C(C)(C)CC(O)C1. The van der Waals surface area contributed by atoms with E-state index in [2.05, 4.69) is 65.6 Å². The predicted octanol–water partition coefficient (Wildman–Crippen LogP) is 7.08. The van der Waals surface area contributed by atoms with Crippen LogP contribution >= 0.6 is 8.58 Å². The summed E-state index contributed by atoms with van der Waals surface area (Å²) in [5, 5.41) is 10.00.